The number of benzene rings is 1. The highest BCUT2D eigenvalue weighted by molar-refractivity contribution is 5.73. The van der Waals surface area contributed by atoms with Gasteiger partial charge in [0.2, 0.25) is 0 Å². The van der Waals surface area contributed by atoms with Crippen molar-refractivity contribution in [2.24, 2.45) is 5.41 Å². The van der Waals surface area contributed by atoms with E-state index in [2.05, 4.69) is 25.1 Å². The quantitative estimate of drug-likeness (QED) is 0.331. The summed E-state index contributed by atoms with van der Waals surface area (Å²) in [7, 11) is 0. The first kappa shape index (κ1) is 22.4. The maximum atomic E-state index is 11.2. The molecule has 0 aliphatic heterocycles. The molecule has 156 valence electrons. The molecule has 1 aliphatic rings. The fraction of sp³-hybridized carbons (Fsp3) is 0.667. The van der Waals surface area contributed by atoms with E-state index in [9.17, 15) is 14.7 Å². The van der Waals surface area contributed by atoms with E-state index in [0.717, 1.165) is 70.6 Å². The van der Waals surface area contributed by atoms with Crippen molar-refractivity contribution in [3.05, 3.63) is 34.9 Å². The van der Waals surface area contributed by atoms with Gasteiger partial charge in [0.25, 0.3) is 6.47 Å². The average Bonchev–Trinajstić information content (AvgIpc) is 3.38. The minimum Gasteiger partial charge on any atom is -0.481 e. The third-order valence-electron chi connectivity index (χ3n) is 6.00. The molecule has 0 atom stereocenters. The van der Waals surface area contributed by atoms with Crippen LogP contribution in [-0.4, -0.2) is 23.1 Å². The van der Waals surface area contributed by atoms with Gasteiger partial charge in [0.05, 0.1) is 5.41 Å². The highest BCUT2D eigenvalue weighted by Gasteiger charge is 2.44. The molecule has 0 spiro atoms. The molecule has 1 aliphatic carbocycles. The second-order valence-electron chi connectivity index (χ2n) is 9.18. The van der Waals surface area contributed by atoms with Crippen molar-refractivity contribution in [3.63, 3.8) is 0 Å². The summed E-state index contributed by atoms with van der Waals surface area (Å²) in [6, 6.07) is 6.86. The van der Waals surface area contributed by atoms with Crippen LogP contribution >= 0.6 is 0 Å². The van der Waals surface area contributed by atoms with Crippen LogP contribution in [0.2, 0.25) is 0 Å². The van der Waals surface area contributed by atoms with E-state index in [1.54, 1.807) is 13.8 Å². The van der Waals surface area contributed by atoms with Crippen molar-refractivity contribution in [2.75, 3.05) is 0 Å². The second-order valence-corrected chi connectivity index (χ2v) is 9.18. The first-order chi connectivity index (χ1) is 13.3. The third kappa shape index (κ3) is 7.29. The first-order valence-electron chi connectivity index (χ1n) is 10.7. The topological polar surface area (TPSA) is 63.6 Å². The number of aryl methyl sites for hydroxylation is 3. The zero-order valence-electron chi connectivity index (χ0n) is 17.8. The van der Waals surface area contributed by atoms with Crippen LogP contribution in [0, 0.1) is 12.3 Å². The lowest BCUT2D eigenvalue weighted by molar-refractivity contribution is -0.147. The van der Waals surface area contributed by atoms with Gasteiger partial charge in [0.1, 0.15) is 5.60 Å². The van der Waals surface area contributed by atoms with Gasteiger partial charge in [0.15, 0.2) is 0 Å². The van der Waals surface area contributed by atoms with Crippen LogP contribution in [0.5, 0.6) is 0 Å². The molecule has 4 heteroatoms. The van der Waals surface area contributed by atoms with Crippen molar-refractivity contribution in [1.82, 2.24) is 0 Å². The first-order valence-corrected chi connectivity index (χ1v) is 10.7. The Morgan fingerprint density at radius 1 is 1.07 bits per heavy atom. The van der Waals surface area contributed by atoms with E-state index >= 15 is 0 Å². The van der Waals surface area contributed by atoms with E-state index < -0.39 is 11.4 Å². The van der Waals surface area contributed by atoms with Crippen LogP contribution in [0.25, 0.3) is 0 Å². The Balaban J connectivity index is 1.70. The molecule has 4 nitrogen and oxygen atoms in total. The number of unbranched alkanes of at least 4 members (excludes halogenated alkanes) is 3. The molecule has 1 saturated carbocycles. The largest absolute Gasteiger partial charge is 0.481 e. The van der Waals surface area contributed by atoms with Gasteiger partial charge in [-0.2, -0.15) is 0 Å². The molecule has 0 amide bonds. The molecule has 0 saturated heterocycles. The van der Waals surface area contributed by atoms with Gasteiger partial charge in [-0.25, -0.2) is 0 Å². The summed E-state index contributed by atoms with van der Waals surface area (Å²) in [5.41, 5.74) is 3.34. The Morgan fingerprint density at radius 3 is 2.21 bits per heavy atom. The Labute approximate surface area is 169 Å². The molecule has 1 aromatic carbocycles. The van der Waals surface area contributed by atoms with Crippen molar-refractivity contribution in [2.45, 2.75) is 97.0 Å². The number of carbonyl (C=O) groups is 2. The van der Waals surface area contributed by atoms with Gasteiger partial charge in [0, 0.05) is 0 Å². The van der Waals surface area contributed by atoms with Crippen molar-refractivity contribution >= 4 is 12.4 Å². The highest BCUT2D eigenvalue weighted by Crippen LogP contribution is 2.43. The van der Waals surface area contributed by atoms with E-state index in [0.29, 0.717) is 6.47 Å². The molecular formula is C24H36O4. The minimum atomic E-state index is -0.707. The number of carboxylic acids is 1. The van der Waals surface area contributed by atoms with Crippen LogP contribution < -0.4 is 0 Å². The predicted octanol–water partition coefficient (Wildman–Crippen LogP) is 5.63. The number of hydrogen-bond donors (Lipinski definition) is 1. The number of hydrogen-bond acceptors (Lipinski definition) is 3. The molecule has 0 unspecified atom stereocenters. The van der Waals surface area contributed by atoms with E-state index in [-0.39, 0.29) is 5.60 Å². The zero-order valence-corrected chi connectivity index (χ0v) is 17.8. The van der Waals surface area contributed by atoms with Gasteiger partial charge < -0.3 is 9.84 Å². The lowest BCUT2D eigenvalue weighted by Gasteiger charge is -2.18. The normalized spacial score (nSPS) is 15.2. The van der Waals surface area contributed by atoms with Gasteiger partial charge in [-0.05, 0) is 89.7 Å². The second kappa shape index (κ2) is 10.1. The standard InChI is InChI=1S/C24H36O4/c1-19-15-20(9-5-4-7-11-23(2,3)22(26)27)17-21(16-19)10-6-8-12-24(13-14-24)28-18-25/h15-18H,4-14H2,1-3H3,(H,26,27). The molecule has 0 radical (unpaired) electrons. The minimum absolute atomic E-state index is 0.130. The number of ether oxygens (including phenoxy) is 1. The monoisotopic (exact) mass is 388 g/mol. The zero-order chi connectivity index (χ0) is 20.6. The van der Waals surface area contributed by atoms with Gasteiger partial charge >= 0.3 is 5.97 Å². The van der Waals surface area contributed by atoms with E-state index in [1.807, 2.05) is 0 Å². The van der Waals surface area contributed by atoms with Crippen molar-refractivity contribution < 1.29 is 19.4 Å². The molecule has 0 aromatic heterocycles. The maximum absolute atomic E-state index is 11.2. The van der Waals surface area contributed by atoms with Crippen LogP contribution in [0.1, 0.15) is 88.3 Å². The van der Waals surface area contributed by atoms with Gasteiger partial charge in [-0.15, -0.1) is 0 Å². The summed E-state index contributed by atoms with van der Waals surface area (Å²) in [6.45, 7) is 6.36. The van der Waals surface area contributed by atoms with Gasteiger partial charge in [-0.1, -0.05) is 36.6 Å². The van der Waals surface area contributed by atoms with E-state index in [4.69, 9.17) is 4.74 Å². The molecule has 28 heavy (non-hydrogen) atoms. The smallest absolute Gasteiger partial charge is 0.309 e. The summed E-state index contributed by atoms with van der Waals surface area (Å²) in [5.74, 6) is -0.707. The molecular weight excluding hydrogens is 352 g/mol. The fourth-order valence-electron chi connectivity index (χ4n) is 3.86. The molecule has 1 aromatic rings. The number of carboxylic acid groups (broad SMARTS) is 1. The Hall–Kier alpha value is -1.84. The molecule has 0 heterocycles. The Kier molecular flexibility index (Phi) is 8.09. The highest BCUT2D eigenvalue weighted by atomic mass is 16.5. The number of rotatable bonds is 14. The van der Waals surface area contributed by atoms with Crippen LogP contribution in [0.15, 0.2) is 18.2 Å². The predicted molar refractivity (Wildman–Crippen MR) is 111 cm³/mol. The molecule has 1 fully saturated rings. The number of aliphatic carboxylic acids is 1. The summed E-state index contributed by atoms with van der Waals surface area (Å²) in [4.78, 5) is 21.7. The summed E-state index contributed by atoms with van der Waals surface area (Å²) >= 11 is 0. The fourth-order valence-corrected chi connectivity index (χ4v) is 3.86. The lowest BCUT2D eigenvalue weighted by Crippen LogP contribution is -2.23. The summed E-state index contributed by atoms with van der Waals surface area (Å²) in [5, 5.41) is 9.18. The Bertz CT molecular complexity index is 659. The molecule has 2 rings (SSSR count). The summed E-state index contributed by atoms with van der Waals surface area (Å²) < 4.78 is 5.22. The Morgan fingerprint density at radius 2 is 1.68 bits per heavy atom. The summed E-state index contributed by atoms with van der Waals surface area (Å²) in [6.07, 6.45) is 11.2. The van der Waals surface area contributed by atoms with Crippen molar-refractivity contribution in [3.8, 4) is 0 Å². The van der Waals surface area contributed by atoms with Crippen molar-refractivity contribution in [1.29, 1.82) is 0 Å². The van der Waals surface area contributed by atoms with Crippen LogP contribution in [0.4, 0.5) is 0 Å². The van der Waals surface area contributed by atoms with E-state index in [1.165, 1.54) is 16.7 Å². The maximum Gasteiger partial charge on any atom is 0.309 e. The van der Waals surface area contributed by atoms with Crippen LogP contribution in [-0.2, 0) is 27.2 Å². The lowest BCUT2D eigenvalue weighted by atomic mass is 9.87. The molecule has 0 bridgehead atoms. The van der Waals surface area contributed by atoms with Gasteiger partial charge in [-0.3, -0.25) is 9.59 Å². The third-order valence-corrected chi connectivity index (χ3v) is 6.00. The SMILES string of the molecule is Cc1cc(CCCCCC(C)(C)C(=O)O)cc(CCCCC2(OC=O)CC2)c1. The average molecular weight is 389 g/mol. The number of carbonyl (C=O) groups excluding carboxylic acids is 1. The van der Waals surface area contributed by atoms with Crippen LogP contribution in [0.3, 0.4) is 0 Å². The molecule has 1 N–H and O–H groups in total.